The molecule has 0 amide bonds. The Morgan fingerprint density at radius 3 is 2.81 bits per heavy atom. The number of fused-ring (bicyclic) bond motifs is 1. The van der Waals surface area contributed by atoms with Gasteiger partial charge in [-0.15, -0.1) is 11.3 Å². The van der Waals surface area contributed by atoms with E-state index in [4.69, 9.17) is 0 Å². The first-order chi connectivity index (χ1) is 10.2. The zero-order valence-electron chi connectivity index (χ0n) is 12.8. The second kappa shape index (κ2) is 6.00. The molecule has 0 radical (unpaired) electrons. The average molecular weight is 299 g/mol. The molecule has 1 atom stereocenters. The van der Waals surface area contributed by atoms with E-state index < -0.39 is 0 Å². The van der Waals surface area contributed by atoms with E-state index in [1.54, 1.807) is 0 Å². The molecule has 1 N–H and O–H groups in total. The molecular weight excluding hydrogens is 278 g/mol. The maximum atomic E-state index is 4.21. The van der Waals surface area contributed by atoms with Crippen molar-refractivity contribution in [1.82, 2.24) is 15.1 Å². The van der Waals surface area contributed by atoms with Crippen LogP contribution in [0.5, 0.6) is 0 Å². The predicted molar refractivity (Wildman–Crippen MR) is 89.9 cm³/mol. The molecule has 0 aliphatic heterocycles. The van der Waals surface area contributed by atoms with Gasteiger partial charge in [-0.2, -0.15) is 5.10 Å². The van der Waals surface area contributed by atoms with Crippen molar-refractivity contribution in [3.63, 3.8) is 0 Å². The molecule has 0 bridgehead atoms. The summed E-state index contributed by atoms with van der Waals surface area (Å²) in [5.74, 6) is 0. The van der Waals surface area contributed by atoms with Crippen LogP contribution in [-0.2, 0) is 13.5 Å². The molecule has 4 heteroatoms. The monoisotopic (exact) mass is 299 g/mol. The summed E-state index contributed by atoms with van der Waals surface area (Å²) in [4.78, 5) is 1.45. The minimum Gasteiger partial charge on any atom is -0.309 e. The Labute approximate surface area is 129 Å². The van der Waals surface area contributed by atoms with Gasteiger partial charge in [0, 0.05) is 47.5 Å². The lowest BCUT2D eigenvalue weighted by Gasteiger charge is -2.13. The van der Waals surface area contributed by atoms with Crippen molar-refractivity contribution in [3.05, 3.63) is 52.7 Å². The summed E-state index contributed by atoms with van der Waals surface area (Å²) < 4.78 is 3.32. The molecule has 0 fully saturated rings. The topological polar surface area (TPSA) is 29.9 Å². The molecule has 1 unspecified atom stereocenters. The Morgan fingerprint density at radius 1 is 1.29 bits per heavy atom. The van der Waals surface area contributed by atoms with Gasteiger partial charge in [-0.25, -0.2) is 0 Å². The molecule has 1 aromatic carbocycles. The van der Waals surface area contributed by atoms with E-state index in [1.807, 2.05) is 29.3 Å². The third-order valence-electron chi connectivity index (χ3n) is 4.03. The molecule has 0 aliphatic rings. The fourth-order valence-corrected chi connectivity index (χ4v) is 4.00. The van der Waals surface area contributed by atoms with E-state index >= 15 is 0 Å². The lowest BCUT2D eigenvalue weighted by molar-refractivity contribution is 0.569. The number of hydrogen-bond acceptors (Lipinski definition) is 3. The van der Waals surface area contributed by atoms with E-state index in [0.717, 1.165) is 13.0 Å². The summed E-state index contributed by atoms with van der Waals surface area (Å²) in [6.45, 7) is 5.45. The number of nitrogens with zero attached hydrogens (tertiary/aromatic N) is 2. The van der Waals surface area contributed by atoms with Gasteiger partial charge in [0.2, 0.25) is 0 Å². The number of nitrogens with one attached hydrogen (secondary N) is 1. The van der Waals surface area contributed by atoms with E-state index in [1.165, 1.54) is 26.2 Å². The largest absolute Gasteiger partial charge is 0.309 e. The van der Waals surface area contributed by atoms with Crippen LogP contribution in [0, 0.1) is 6.92 Å². The van der Waals surface area contributed by atoms with Crippen LogP contribution in [0.3, 0.4) is 0 Å². The summed E-state index contributed by atoms with van der Waals surface area (Å²) >= 11 is 1.90. The first kappa shape index (κ1) is 14.3. The van der Waals surface area contributed by atoms with E-state index in [-0.39, 0.29) is 0 Å². The summed E-state index contributed by atoms with van der Waals surface area (Å²) in [5, 5.41) is 9.23. The lowest BCUT2D eigenvalue weighted by Crippen LogP contribution is -2.21. The minimum absolute atomic E-state index is 0.385. The summed E-state index contributed by atoms with van der Waals surface area (Å²) in [6.07, 6.45) is 2.86. The highest BCUT2D eigenvalue weighted by molar-refractivity contribution is 7.19. The molecule has 110 valence electrons. The smallest absolute Gasteiger partial charge is 0.0492 e. The molecule has 0 saturated heterocycles. The van der Waals surface area contributed by atoms with Crippen molar-refractivity contribution < 1.29 is 0 Å². The van der Waals surface area contributed by atoms with Gasteiger partial charge in [0.05, 0.1) is 0 Å². The normalized spacial score (nSPS) is 12.9. The van der Waals surface area contributed by atoms with Crippen LogP contribution in [0.2, 0.25) is 0 Å². The van der Waals surface area contributed by atoms with Crippen LogP contribution >= 0.6 is 11.3 Å². The third kappa shape index (κ3) is 2.87. The van der Waals surface area contributed by atoms with Gasteiger partial charge in [-0.3, -0.25) is 4.68 Å². The SMILES string of the molecule is Cc1c(C(C)NCCc2ccnn2C)sc2ccccc12. The van der Waals surface area contributed by atoms with Crippen LogP contribution in [0.25, 0.3) is 10.1 Å². The summed E-state index contributed by atoms with van der Waals surface area (Å²) in [7, 11) is 1.99. The second-order valence-corrected chi connectivity index (χ2v) is 6.54. The zero-order chi connectivity index (χ0) is 14.8. The molecule has 3 aromatic rings. The molecule has 2 heterocycles. The number of hydrogen-bond donors (Lipinski definition) is 1. The highest BCUT2D eigenvalue weighted by Crippen LogP contribution is 2.34. The van der Waals surface area contributed by atoms with Crippen LogP contribution < -0.4 is 5.32 Å². The van der Waals surface area contributed by atoms with Crippen LogP contribution in [0.4, 0.5) is 0 Å². The maximum Gasteiger partial charge on any atom is 0.0492 e. The van der Waals surface area contributed by atoms with Gasteiger partial charge in [0.25, 0.3) is 0 Å². The number of aryl methyl sites for hydroxylation is 2. The Morgan fingerprint density at radius 2 is 2.10 bits per heavy atom. The van der Waals surface area contributed by atoms with Crippen molar-refractivity contribution >= 4 is 21.4 Å². The van der Waals surface area contributed by atoms with E-state index in [2.05, 4.69) is 54.6 Å². The number of rotatable bonds is 5. The fraction of sp³-hybridized carbons (Fsp3) is 0.353. The van der Waals surface area contributed by atoms with Gasteiger partial charge in [-0.05, 0) is 36.9 Å². The quantitative estimate of drug-likeness (QED) is 0.776. The Balaban J connectivity index is 1.68. The average Bonchev–Trinajstić information content (AvgIpc) is 3.04. The molecule has 0 saturated carbocycles. The van der Waals surface area contributed by atoms with Crippen LogP contribution in [0.1, 0.15) is 29.1 Å². The summed E-state index contributed by atoms with van der Waals surface area (Å²) in [6, 6.07) is 11.1. The van der Waals surface area contributed by atoms with Gasteiger partial charge in [-0.1, -0.05) is 18.2 Å². The lowest BCUT2D eigenvalue weighted by atomic mass is 10.1. The van der Waals surface area contributed by atoms with E-state index in [0.29, 0.717) is 6.04 Å². The first-order valence-corrected chi connectivity index (χ1v) is 8.16. The fourth-order valence-electron chi connectivity index (χ4n) is 2.76. The van der Waals surface area contributed by atoms with Gasteiger partial charge >= 0.3 is 0 Å². The molecule has 0 aliphatic carbocycles. The Hall–Kier alpha value is -1.65. The van der Waals surface area contributed by atoms with Gasteiger partial charge < -0.3 is 5.32 Å². The van der Waals surface area contributed by atoms with Gasteiger partial charge in [0.1, 0.15) is 0 Å². The van der Waals surface area contributed by atoms with Gasteiger partial charge in [0.15, 0.2) is 0 Å². The van der Waals surface area contributed by atoms with Crippen LogP contribution in [-0.4, -0.2) is 16.3 Å². The van der Waals surface area contributed by atoms with Crippen molar-refractivity contribution in [2.75, 3.05) is 6.54 Å². The molecular formula is C17H21N3S. The third-order valence-corrected chi connectivity index (χ3v) is 5.48. The zero-order valence-corrected chi connectivity index (χ0v) is 13.6. The maximum absolute atomic E-state index is 4.21. The molecule has 3 rings (SSSR count). The second-order valence-electron chi connectivity index (χ2n) is 5.46. The minimum atomic E-state index is 0.385. The highest BCUT2D eigenvalue weighted by atomic mass is 32.1. The van der Waals surface area contributed by atoms with Crippen molar-refractivity contribution in [1.29, 1.82) is 0 Å². The van der Waals surface area contributed by atoms with Crippen molar-refractivity contribution in [2.45, 2.75) is 26.3 Å². The van der Waals surface area contributed by atoms with E-state index in [9.17, 15) is 0 Å². The van der Waals surface area contributed by atoms with Crippen molar-refractivity contribution in [3.8, 4) is 0 Å². The summed E-state index contributed by atoms with van der Waals surface area (Å²) in [5.41, 5.74) is 2.68. The molecule has 3 nitrogen and oxygen atoms in total. The Kier molecular flexibility index (Phi) is 4.08. The number of thiophene rings is 1. The molecule has 0 spiro atoms. The number of aromatic nitrogens is 2. The molecule has 21 heavy (non-hydrogen) atoms. The molecule has 2 aromatic heterocycles. The standard InChI is InChI=1S/C17H21N3S/c1-12-15-6-4-5-7-16(15)21-17(12)13(2)18-10-8-14-9-11-19-20(14)3/h4-7,9,11,13,18H,8,10H2,1-3H3. The highest BCUT2D eigenvalue weighted by Gasteiger charge is 2.13. The Bertz CT molecular complexity index is 741. The first-order valence-electron chi connectivity index (χ1n) is 7.35. The predicted octanol–water partition coefficient (Wildman–Crippen LogP) is 3.84. The van der Waals surface area contributed by atoms with Crippen LogP contribution in [0.15, 0.2) is 36.5 Å². The number of benzene rings is 1. The van der Waals surface area contributed by atoms with Crippen molar-refractivity contribution in [2.24, 2.45) is 7.05 Å².